The maximum absolute atomic E-state index is 3.65. The number of hydrogen-bond acceptors (Lipinski definition) is 1. The van der Waals surface area contributed by atoms with Gasteiger partial charge in [0.05, 0.1) is 0 Å². The molecule has 2 heteroatoms. The van der Waals surface area contributed by atoms with Gasteiger partial charge in [-0.15, -0.1) is 0 Å². The zero-order valence-corrected chi connectivity index (χ0v) is 13.7. The Kier molecular flexibility index (Phi) is 6.37. The van der Waals surface area contributed by atoms with Crippen LogP contribution in [0.1, 0.15) is 51.7 Å². The van der Waals surface area contributed by atoms with Gasteiger partial charge >= 0.3 is 0 Å². The molecule has 0 heterocycles. The first-order valence-electron chi connectivity index (χ1n) is 6.87. The number of rotatable bonds is 6. The van der Waals surface area contributed by atoms with Crippen molar-refractivity contribution in [2.45, 2.75) is 57.3 Å². The first-order valence-corrected chi connectivity index (χ1v) is 7.79. The Hall–Kier alpha value is -0.340. The van der Waals surface area contributed by atoms with Crippen LogP contribution in [0.2, 0.25) is 0 Å². The number of halogens is 1. The van der Waals surface area contributed by atoms with Crippen LogP contribution in [-0.2, 0) is 12.0 Å². The molecule has 1 nitrogen and oxygen atoms in total. The van der Waals surface area contributed by atoms with Gasteiger partial charge in [-0.25, -0.2) is 0 Å². The molecule has 0 bridgehead atoms. The van der Waals surface area contributed by atoms with Crippen molar-refractivity contribution in [2.75, 3.05) is 6.54 Å². The number of hydrogen-bond donors (Lipinski definition) is 1. The highest BCUT2D eigenvalue weighted by Crippen LogP contribution is 2.22. The van der Waals surface area contributed by atoms with Crippen LogP contribution in [0.5, 0.6) is 0 Å². The van der Waals surface area contributed by atoms with Crippen molar-refractivity contribution < 1.29 is 0 Å². The number of nitrogens with one attached hydrogen (secondary N) is 1. The highest BCUT2D eigenvalue weighted by atomic mass is 79.9. The Bertz CT molecular complexity index is 337. The van der Waals surface area contributed by atoms with Crippen LogP contribution in [0.3, 0.4) is 0 Å². The lowest BCUT2D eigenvalue weighted by molar-refractivity contribution is 0.589. The van der Waals surface area contributed by atoms with Crippen LogP contribution in [0.25, 0.3) is 0 Å². The Labute approximate surface area is 120 Å². The summed E-state index contributed by atoms with van der Waals surface area (Å²) in [6.45, 7) is 11.0. The lowest BCUT2D eigenvalue weighted by Gasteiger charge is -2.19. The standard InChI is InChI=1S/C16H26BrN/c1-5-15(17)10-11-18-12-13-6-8-14(9-7-13)16(2,3)4/h6-9,15,18H,5,10-12H2,1-4H3. The molecule has 1 aromatic rings. The van der Waals surface area contributed by atoms with Gasteiger partial charge in [0.1, 0.15) is 0 Å². The van der Waals surface area contributed by atoms with Gasteiger partial charge in [-0.3, -0.25) is 0 Å². The monoisotopic (exact) mass is 311 g/mol. The van der Waals surface area contributed by atoms with Crippen molar-refractivity contribution in [3.63, 3.8) is 0 Å². The summed E-state index contributed by atoms with van der Waals surface area (Å²) in [6.07, 6.45) is 2.39. The Morgan fingerprint density at radius 2 is 1.78 bits per heavy atom. The van der Waals surface area contributed by atoms with E-state index < -0.39 is 0 Å². The molecule has 0 aromatic heterocycles. The van der Waals surface area contributed by atoms with Crippen molar-refractivity contribution in [1.29, 1.82) is 0 Å². The van der Waals surface area contributed by atoms with E-state index in [0.717, 1.165) is 13.1 Å². The van der Waals surface area contributed by atoms with Crippen molar-refractivity contribution in [3.8, 4) is 0 Å². The maximum Gasteiger partial charge on any atom is 0.0205 e. The minimum absolute atomic E-state index is 0.246. The fourth-order valence-corrected chi connectivity index (χ4v) is 2.05. The summed E-state index contributed by atoms with van der Waals surface area (Å²) in [5.41, 5.74) is 3.01. The molecule has 1 aromatic carbocycles. The summed E-state index contributed by atoms with van der Waals surface area (Å²) < 4.78 is 0. The summed E-state index contributed by atoms with van der Waals surface area (Å²) in [4.78, 5) is 0.647. The van der Waals surface area contributed by atoms with Crippen LogP contribution in [0.4, 0.5) is 0 Å². The first-order chi connectivity index (χ1) is 8.43. The molecule has 0 aliphatic carbocycles. The molecule has 0 aliphatic rings. The van der Waals surface area contributed by atoms with Gasteiger partial charge in [0.25, 0.3) is 0 Å². The lowest BCUT2D eigenvalue weighted by atomic mass is 9.87. The average molecular weight is 312 g/mol. The Morgan fingerprint density at radius 3 is 2.28 bits per heavy atom. The minimum atomic E-state index is 0.246. The van der Waals surface area contributed by atoms with E-state index in [-0.39, 0.29) is 5.41 Å². The van der Waals surface area contributed by atoms with Crippen LogP contribution in [0.15, 0.2) is 24.3 Å². The van der Waals surface area contributed by atoms with E-state index in [9.17, 15) is 0 Å². The summed E-state index contributed by atoms with van der Waals surface area (Å²) in [7, 11) is 0. The van der Waals surface area contributed by atoms with Gasteiger partial charge in [-0.05, 0) is 35.9 Å². The Morgan fingerprint density at radius 1 is 1.17 bits per heavy atom. The lowest BCUT2D eigenvalue weighted by Crippen LogP contribution is -2.18. The van der Waals surface area contributed by atoms with E-state index >= 15 is 0 Å². The quantitative estimate of drug-likeness (QED) is 0.596. The molecule has 0 aliphatic heterocycles. The third-order valence-corrected chi connectivity index (χ3v) is 4.33. The molecule has 0 amide bonds. The molecule has 0 spiro atoms. The van der Waals surface area contributed by atoms with Crippen LogP contribution >= 0.6 is 15.9 Å². The van der Waals surface area contributed by atoms with E-state index in [4.69, 9.17) is 0 Å². The van der Waals surface area contributed by atoms with Gasteiger partial charge in [0.15, 0.2) is 0 Å². The van der Waals surface area contributed by atoms with Crippen molar-refractivity contribution in [2.24, 2.45) is 0 Å². The molecule has 1 N–H and O–H groups in total. The highest BCUT2D eigenvalue weighted by Gasteiger charge is 2.12. The van der Waals surface area contributed by atoms with Crippen LogP contribution in [0, 0.1) is 0 Å². The fraction of sp³-hybridized carbons (Fsp3) is 0.625. The van der Waals surface area contributed by atoms with Gasteiger partial charge in [0.2, 0.25) is 0 Å². The maximum atomic E-state index is 3.65. The fourth-order valence-electron chi connectivity index (χ4n) is 1.82. The molecule has 1 unspecified atom stereocenters. The summed E-state index contributed by atoms with van der Waals surface area (Å²) in [5.74, 6) is 0. The van der Waals surface area contributed by atoms with E-state index in [2.05, 4.69) is 73.2 Å². The average Bonchev–Trinajstić information content (AvgIpc) is 2.33. The minimum Gasteiger partial charge on any atom is -0.313 e. The van der Waals surface area contributed by atoms with Crippen LogP contribution < -0.4 is 5.32 Å². The summed E-state index contributed by atoms with van der Waals surface area (Å²) in [5, 5.41) is 3.50. The predicted octanol–water partition coefficient (Wildman–Crippen LogP) is 4.64. The van der Waals surface area contributed by atoms with E-state index in [0.29, 0.717) is 4.83 Å². The molecular weight excluding hydrogens is 286 g/mol. The largest absolute Gasteiger partial charge is 0.313 e. The van der Waals surface area contributed by atoms with Gasteiger partial charge < -0.3 is 5.32 Å². The Balaban J connectivity index is 2.36. The first kappa shape index (κ1) is 15.7. The summed E-state index contributed by atoms with van der Waals surface area (Å²) >= 11 is 3.65. The molecule has 18 heavy (non-hydrogen) atoms. The number of benzene rings is 1. The molecule has 102 valence electrons. The molecule has 0 fully saturated rings. The normalized spacial score (nSPS) is 13.6. The zero-order chi connectivity index (χ0) is 13.6. The summed E-state index contributed by atoms with van der Waals surface area (Å²) in [6, 6.07) is 8.96. The topological polar surface area (TPSA) is 12.0 Å². The third-order valence-electron chi connectivity index (χ3n) is 3.23. The van der Waals surface area contributed by atoms with E-state index in [1.54, 1.807) is 0 Å². The number of alkyl halides is 1. The SMILES string of the molecule is CCC(Br)CCNCc1ccc(C(C)(C)C)cc1. The smallest absolute Gasteiger partial charge is 0.0205 e. The molecule has 1 atom stereocenters. The molecule has 0 saturated carbocycles. The second-order valence-electron chi connectivity index (χ2n) is 5.92. The van der Waals surface area contributed by atoms with Gasteiger partial charge in [0, 0.05) is 11.4 Å². The van der Waals surface area contributed by atoms with Crippen molar-refractivity contribution in [3.05, 3.63) is 35.4 Å². The second kappa shape index (κ2) is 7.30. The molecule has 0 saturated heterocycles. The molecular formula is C16H26BrN. The van der Waals surface area contributed by atoms with Crippen LogP contribution in [-0.4, -0.2) is 11.4 Å². The van der Waals surface area contributed by atoms with Gasteiger partial charge in [-0.1, -0.05) is 67.9 Å². The third kappa shape index (κ3) is 5.53. The highest BCUT2D eigenvalue weighted by molar-refractivity contribution is 9.09. The van der Waals surface area contributed by atoms with Crippen molar-refractivity contribution >= 4 is 15.9 Å². The second-order valence-corrected chi connectivity index (χ2v) is 7.21. The zero-order valence-electron chi connectivity index (χ0n) is 12.1. The van der Waals surface area contributed by atoms with Crippen molar-refractivity contribution in [1.82, 2.24) is 5.32 Å². The predicted molar refractivity (Wildman–Crippen MR) is 84.5 cm³/mol. The molecule has 1 rings (SSSR count). The molecule has 0 radical (unpaired) electrons. The van der Waals surface area contributed by atoms with Gasteiger partial charge in [-0.2, -0.15) is 0 Å². The van der Waals surface area contributed by atoms with E-state index in [1.807, 2.05) is 0 Å². The van der Waals surface area contributed by atoms with E-state index in [1.165, 1.54) is 24.0 Å².